The van der Waals surface area contributed by atoms with Crippen LogP contribution in [0.4, 0.5) is 5.69 Å². The number of nitrogens with zero attached hydrogens (tertiary/aromatic N) is 3. The van der Waals surface area contributed by atoms with Crippen molar-refractivity contribution < 1.29 is 19.1 Å². The van der Waals surface area contributed by atoms with Crippen LogP contribution in [0.25, 0.3) is 10.9 Å². The molecule has 2 aliphatic rings. The highest BCUT2D eigenvalue weighted by atomic mass is 16.5. The molecule has 0 unspecified atom stereocenters. The second-order valence-electron chi connectivity index (χ2n) is 8.32. The molecule has 9 heteroatoms. The monoisotopic (exact) mass is 440 g/mol. The minimum absolute atomic E-state index is 0.123. The van der Waals surface area contributed by atoms with Gasteiger partial charge in [0, 0.05) is 31.7 Å². The average Bonchev–Trinajstić information content (AvgIpc) is 3.05. The fraction of sp³-hybridized carbons (Fsp3) is 0.522. The number of rotatable bonds is 3. The highest BCUT2D eigenvalue weighted by Crippen LogP contribution is 2.20. The van der Waals surface area contributed by atoms with Crippen molar-refractivity contribution >= 4 is 34.4 Å². The fourth-order valence-electron chi connectivity index (χ4n) is 4.44. The van der Waals surface area contributed by atoms with Crippen LogP contribution >= 0.6 is 0 Å². The van der Waals surface area contributed by atoms with Crippen LogP contribution in [-0.4, -0.2) is 51.9 Å². The van der Waals surface area contributed by atoms with Gasteiger partial charge in [0.2, 0.25) is 0 Å². The summed E-state index contributed by atoms with van der Waals surface area (Å²) < 4.78 is 6.77. The number of carbonyl (C=O) groups excluding carboxylic acids is 3. The van der Waals surface area contributed by atoms with Crippen molar-refractivity contribution in [2.45, 2.75) is 52.0 Å². The van der Waals surface area contributed by atoms with Crippen molar-refractivity contribution in [2.75, 3.05) is 25.0 Å². The van der Waals surface area contributed by atoms with E-state index < -0.39 is 17.7 Å². The Kier molecular flexibility index (Phi) is 6.53. The number of anilines is 1. The molecule has 2 amide bonds. The third-order valence-corrected chi connectivity index (χ3v) is 6.10. The first-order valence-corrected chi connectivity index (χ1v) is 11.3. The van der Waals surface area contributed by atoms with Gasteiger partial charge in [0.15, 0.2) is 0 Å². The molecule has 32 heavy (non-hydrogen) atoms. The van der Waals surface area contributed by atoms with E-state index in [1.165, 1.54) is 4.90 Å². The summed E-state index contributed by atoms with van der Waals surface area (Å²) in [6, 6.07) is 4.91. The number of likely N-dealkylation sites (tertiary alicyclic amines) is 1. The van der Waals surface area contributed by atoms with Crippen LogP contribution in [0.3, 0.4) is 0 Å². The molecule has 1 fully saturated rings. The van der Waals surface area contributed by atoms with Gasteiger partial charge in [0.1, 0.15) is 5.82 Å². The standard InChI is InChI=1S/C23H28N4O5/c1-2-32-23(31)15-7-6-11-26(14-15)22(30)20(28)24-16-9-10-18-17(13-16)21(29)27-12-5-3-4-8-19(27)25-18/h9-10,13,15H,2-8,11-12,14H2,1H3,(H,24,28)/t15-/m0/s1. The maximum absolute atomic E-state index is 13.0. The normalized spacial score (nSPS) is 18.5. The highest BCUT2D eigenvalue weighted by Gasteiger charge is 2.32. The maximum Gasteiger partial charge on any atom is 0.313 e. The molecule has 2 aromatic rings. The molecular formula is C23H28N4O5. The van der Waals surface area contributed by atoms with Crippen LogP contribution in [0, 0.1) is 5.92 Å². The van der Waals surface area contributed by atoms with Crippen LogP contribution in [0.2, 0.25) is 0 Å². The second-order valence-corrected chi connectivity index (χ2v) is 8.32. The van der Waals surface area contributed by atoms with E-state index in [0.717, 1.165) is 31.5 Å². The van der Waals surface area contributed by atoms with Crippen molar-refractivity contribution in [2.24, 2.45) is 5.92 Å². The lowest BCUT2D eigenvalue weighted by molar-refractivity contribution is -0.153. The van der Waals surface area contributed by atoms with E-state index >= 15 is 0 Å². The predicted octanol–water partition coefficient (Wildman–Crippen LogP) is 1.86. The third-order valence-electron chi connectivity index (χ3n) is 6.10. The molecule has 170 valence electrons. The zero-order valence-corrected chi connectivity index (χ0v) is 18.3. The molecule has 3 heterocycles. The number of piperidine rings is 1. The lowest BCUT2D eigenvalue weighted by atomic mass is 9.98. The summed E-state index contributed by atoms with van der Waals surface area (Å²) in [4.78, 5) is 56.3. The van der Waals surface area contributed by atoms with Gasteiger partial charge in [-0.3, -0.25) is 23.7 Å². The molecule has 9 nitrogen and oxygen atoms in total. The van der Waals surface area contributed by atoms with E-state index in [1.54, 1.807) is 29.7 Å². The number of benzene rings is 1. The smallest absolute Gasteiger partial charge is 0.313 e. The summed E-state index contributed by atoms with van der Waals surface area (Å²) in [5, 5.41) is 3.02. The van der Waals surface area contributed by atoms with Crippen molar-refractivity contribution in [1.29, 1.82) is 0 Å². The molecular weight excluding hydrogens is 412 g/mol. The molecule has 0 aliphatic carbocycles. The highest BCUT2D eigenvalue weighted by molar-refractivity contribution is 6.39. The van der Waals surface area contributed by atoms with Crippen LogP contribution in [0.5, 0.6) is 0 Å². The first-order valence-electron chi connectivity index (χ1n) is 11.3. The van der Waals surface area contributed by atoms with Gasteiger partial charge < -0.3 is 15.0 Å². The van der Waals surface area contributed by atoms with Crippen molar-refractivity contribution in [3.05, 3.63) is 34.4 Å². The Morgan fingerprint density at radius 2 is 2.00 bits per heavy atom. The lowest BCUT2D eigenvalue weighted by Gasteiger charge is -2.31. The van der Waals surface area contributed by atoms with Crippen LogP contribution in [-0.2, 0) is 32.1 Å². The van der Waals surface area contributed by atoms with E-state index in [0.29, 0.717) is 42.5 Å². The van der Waals surface area contributed by atoms with Gasteiger partial charge >= 0.3 is 17.8 Å². The molecule has 1 aromatic carbocycles. The minimum atomic E-state index is -0.795. The molecule has 0 bridgehead atoms. The van der Waals surface area contributed by atoms with Crippen LogP contribution < -0.4 is 10.9 Å². The van der Waals surface area contributed by atoms with E-state index in [1.807, 2.05) is 0 Å². The van der Waals surface area contributed by atoms with E-state index in [4.69, 9.17) is 4.74 Å². The minimum Gasteiger partial charge on any atom is -0.466 e. The van der Waals surface area contributed by atoms with Gasteiger partial charge in [-0.05, 0) is 50.8 Å². The van der Waals surface area contributed by atoms with Gasteiger partial charge in [-0.25, -0.2) is 4.98 Å². The first kappa shape index (κ1) is 22.0. The summed E-state index contributed by atoms with van der Waals surface area (Å²) in [7, 11) is 0. The summed E-state index contributed by atoms with van der Waals surface area (Å²) in [5.74, 6) is -1.45. The SMILES string of the molecule is CCOC(=O)[C@H]1CCCN(C(=O)C(=O)Nc2ccc3nc4n(c(=O)c3c2)CCCCC4)C1. The Hall–Kier alpha value is -3.23. The number of ether oxygens (including phenoxy) is 1. The molecule has 0 spiro atoms. The number of hydrogen-bond donors (Lipinski definition) is 1. The van der Waals surface area contributed by atoms with Crippen LogP contribution in [0.15, 0.2) is 23.0 Å². The molecule has 1 saturated heterocycles. The van der Waals surface area contributed by atoms with Gasteiger partial charge in [0.05, 0.1) is 23.4 Å². The van der Waals surface area contributed by atoms with Gasteiger partial charge in [-0.2, -0.15) is 0 Å². The van der Waals surface area contributed by atoms with E-state index in [9.17, 15) is 19.2 Å². The molecule has 0 radical (unpaired) electrons. The predicted molar refractivity (Wildman–Crippen MR) is 118 cm³/mol. The molecule has 1 N–H and O–H groups in total. The number of esters is 1. The Bertz CT molecular complexity index is 1110. The molecule has 2 aliphatic heterocycles. The number of aryl methyl sites for hydroxylation is 1. The van der Waals surface area contributed by atoms with Crippen molar-refractivity contribution in [1.82, 2.24) is 14.5 Å². The zero-order chi connectivity index (χ0) is 22.7. The number of amides is 2. The van der Waals surface area contributed by atoms with Gasteiger partial charge in [0.25, 0.3) is 5.56 Å². The first-order chi connectivity index (χ1) is 15.5. The number of aromatic nitrogens is 2. The molecule has 1 atom stereocenters. The fourth-order valence-corrected chi connectivity index (χ4v) is 4.44. The number of hydrogen-bond acceptors (Lipinski definition) is 6. The van der Waals surface area contributed by atoms with E-state index in [-0.39, 0.29) is 24.7 Å². The molecule has 0 saturated carbocycles. The van der Waals surface area contributed by atoms with E-state index in [2.05, 4.69) is 10.3 Å². The maximum atomic E-state index is 13.0. The zero-order valence-electron chi connectivity index (χ0n) is 18.3. The van der Waals surface area contributed by atoms with Crippen molar-refractivity contribution in [3.8, 4) is 0 Å². The molecule has 1 aromatic heterocycles. The summed E-state index contributed by atoms with van der Waals surface area (Å²) in [5.41, 5.74) is 0.825. The van der Waals surface area contributed by atoms with Crippen molar-refractivity contribution in [3.63, 3.8) is 0 Å². The Morgan fingerprint density at radius 3 is 2.81 bits per heavy atom. The second kappa shape index (κ2) is 9.50. The third kappa shape index (κ3) is 4.51. The summed E-state index contributed by atoms with van der Waals surface area (Å²) >= 11 is 0. The van der Waals surface area contributed by atoms with Gasteiger partial charge in [-0.15, -0.1) is 0 Å². The number of fused-ring (bicyclic) bond motifs is 2. The van der Waals surface area contributed by atoms with Gasteiger partial charge in [-0.1, -0.05) is 6.42 Å². The Morgan fingerprint density at radius 1 is 1.16 bits per heavy atom. The summed E-state index contributed by atoms with van der Waals surface area (Å²) in [6.45, 7) is 3.24. The number of carbonyl (C=O) groups is 3. The summed E-state index contributed by atoms with van der Waals surface area (Å²) in [6.07, 6.45) is 5.06. The molecule has 4 rings (SSSR count). The number of nitrogens with one attached hydrogen (secondary N) is 1. The average molecular weight is 441 g/mol. The topological polar surface area (TPSA) is 111 Å². The Labute approximate surface area is 185 Å². The quantitative estimate of drug-likeness (QED) is 0.576. The Balaban J connectivity index is 1.49. The van der Waals surface area contributed by atoms with Crippen LogP contribution in [0.1, 0.15) is 44.9 Å². The largest absolute Gasteiger partial charge is 0.466 e. The lowest BCUT2D eigenvalue weighted by Crippen LogP contribution is -2.47.